The lowest BCUT2D eigenvalue weighted by Crippen LogP contribution is -2.29. The fourth-order valence-corrected chi connectivity index (χ4v) is 7.76. The third-order valence-corrected chi connectivity index (χ3v) is 11.8. The second-order valence-corrected chi connectivity index (χ2v) is 17.3. The fraction of sp³-hybridized carbons (Fsp3) is 0.822. The molecule has 3 N–H and O–H groups in total. The maximum Gasteiger partial charge on any atom is 0.472 e. The van der Waals surface area contributed by atoms with Gasteiger partial charge in [-0.25, -0.2) is 4.57 Å². The molecule has 2 heterocycles. The van der Waals surface area contributed by atoms with Crippen molar-refractivity contribution in [3.8, 4) is 0 Å². The van der Waals surface area contributed by atoms with Gasteiger partial charge in [-0.3, -0.25) is 18.6 Å². The van der Waals surface area contributed by atoms with E-state index in [9.17, 15) is 19.0 Å². The number of epoxide rings is 1. The molecular formula is C45H80NO10P. The maximum atomic E-state index is 12.7. The molecule has 0 spiro atoms. The van der Waals surface area contributed by atoms with Gasteiger partial charge in [0.05, 0.1) is 25.4 Å². The lowest BCUT2D eigenvalue weighted by molar-refractivity contribution is -0.161. The summed E-state index contributed by atoms with van der Waals surface area (Å²) in [4.78, 5) is 35.1. The molecule has 2 rings (SSSR count). The summed E-state index contributed by atoms with van der Waals surface area (Å²) < 4.78 is 44.9. The van der Waals surface area contributed by atoms with E-state index in [1.165, 1.54) is 68.3 Å². The first-order valence-electron chi connectivity index (χ1n) is 22.6. The smallest absolute Gasteiger partial charge is 0.466 e. The first kappa shape index (κ1) is 51.1. The molecule has 1 aliphatic rings. The number of allylic oxidation sites excluding steroid dienone is 1. The van der Waals surface area contributed by atoms with Gasteiger partial charge in [0.15, 0.2) is 6.10 Å². The summed E-state index contributed by atoms with van der Waals surface area (Å²) in [5, 5.41) is 0. The van der Waals surface area contributed by atoms with Gasteiger partial charge in [0.25, 0.3) is 0 Å². The van der Waals surface area contributed by atoms with Gasteiger partial charge in [-0.2, -0.15) is 0 Å². The van der Waals surface area contributed by atoms with E-state index in [-0.39, 0.29) is 32.6 Å². The van der Waals surface area contributed by atoms with Gasteiger partial charge in [0, 0.05) is 32.2 Å². The first-order chi connectivity index (χ1) is 27.6. The van der Waals surface area contributed by atoms with Crippen molar-refractivity contribution < 1.29 is 46.7 Å². The molecule has 57 heavy (non-hydrogen) atoms. The number of aryl methyl sites for hydroxylation is 2. The lowest BCUT2D eigenvalue weighted by atomic mass is 10.0. The SMILES string of the molecule is CCCCC/C=C\CC1OC1CCCCCCCC(=O)OC[C@H](COP(=O)(O)OCCN)OC(=O)CCCCCCCCCCc1oc(CCCCC)c(C)c1C. The number of hydrogen-bond acceptors (Lipinski definition) is 10. The average molecular weight is 826 g/mol. The number of phosphoric ester groups is 1. The zero-order valence-electron chi connectivity index (χ0n) is 36.2. The Morgan fingerprint density at radius 3 is 1.91 bits per heavy atom. The maximum absolute atomic E-state index is 12.7. The zero-order valence-corrected chi connectivity index (χ0v) is 37.1. The predicted molar refractivity (Wildman–Crippen MR) is 227 cm³/mol. The van der Waals surface area contributed by atoms with Crippen molar-refractivity contribution in [2.75, 3.05) is 26.4 Å². The minimum Gasteiger partial charge on any atom is -0.466 e. The Morgan fingerprint density at radius 2 is 1.28 bits per heavy atom. The topological polar surface area (TPSA) is 160 Å². The Hall–Kier alpha value is -2.01. The third kappa shape index (κ3) is 25.3. The van der Waals surface area contributed by atoms with Crippen LogP contribution in [0.4, 0.5) is 0 Å². The van der Waals surface area contributed by atoms with Gasteiger partial charge in [0.2, 0.25) is 0 Å². The Kier molecular flexibility index (Phi) is 28.6. The molecule has 3 unspecified atom stereocenters. The second kappa shape index (κ2) is 31.9. The van der Waals surface area contributed by atoms with Crippen LogP contribution in [-0.4, -0.2) is 61.5 Å². The largest absolute Gasteiger partial charge is 0.472 e. The second-order valence-electron chi connectivity index (χ2n) is 15.9. The number of ether oxygens (including phenoxy) is 3. The average Bonchev–Trinajstić information content (AvgIpc) is 3.89. The van der Waals surface area contributed by atoms with Crippen molar-refractivity contribution in [2.24, 2.45) is 5.73 Å². The highest BCUT2D eigenvalue weighted by Gasteiger charge is 2.36. The molecule has 1 aliphatic heterocycles. The molecule has 1 aromatic rings. The van der Waals surface area contributed by atoms with Gasteiger partial charge in [0.1, 0.15) is 18.1 Å². The monoisotopic (exact) mass is 826 g/mol. The van der Waals surface area contributed by atoms with Crippen molar-refractivity contribution in [3.63, 3.8) is 0 Å². The summed E-state index contributed by atoms with van der Waals surface area (Å²) in [5.41, 5.74) is 8.01. The first-order valence-corrected chi connectivity index (χ1v) is 24.1. The van der Waals surface area contributed by atoms with E-state index in [1.54, 1.807) is 0 Å². The fourth-order valence-electron chi connectivity index (χ4n) is 7.00. The molecule has 0 bridgehead atoms. The number of carbonyl (C=O) groups excluding carboxylic acids is 2. The number of nitrogens with two attached hydrogens (primary N) is 1. The van der Waals surface area contributed by atoms with Crippen molar-refractivity contribution in [3.05, 3.63) is 34.8 Å². The minimum absolute atomic E-state index is 0.0434. The van der Waals surface area contributed by atoms with E-state index < -0.39 is 32.5 Å². The summed E-state index contributed by atoms with van der Waals surface area (Å²) in [5.74, 6) is 1.46. The summed E-state index contributed by atoms with van der Waals surface area (Å²) in [6, 6.07) is 0. The molecule has 1 saturated heterocycles. The van der Waals surface area contributed by atoms with E-state index in [2.05, 4.69) is 39.8 Å². The highest BCUT2D eigenvalue weighted by Crippen LogP contribution is 2.43. The quantitative estimate of drug-likeness (QED) is 0.0215. The van der Waals surface area contributed by atoms with E-state index in [4.69, 9.17) is 33.4 Å². The number of unbranched alkanes of at least 4 members (excludes halogenated alkanes) is 16. The Balaban J connectivity index is 1.56. The highest BCUT2D eigenvalue weighted by molar-refractivity contribution is 7.47. The van der Waals surface area contributed by atoms with E-state index in [0.29, 0.717) is 25.0 Å². The number of rotatable bonds is 38. The van der Waals surface area contributed by atoms with Crippen LogP contribution in [0.1, 0.15) is 191 Å². The molecule has 0 radical (unpaired) electrons. The van der Waals surface area contributed by atoms with Crippen LogP contribution in [-0.2, 0) is 50.3 Å². The molecule has 330 valence electrons. The van der Waals surface area contributed by atoms with Crippen molar-refractivity contribution in [2.45, 2.75) is 213 Å². The predicted octanol–water partition coefficient (Wildman–Crippen LogP) is 11.3. The molecule has 11 nitrogen and oxygen atoms in total. The molecule has 0 aromatic carbocycles. The highest BCUT2D eigenvalue weighted by atomic mass is 31.2. The van der Waals surface area contributed by atoms with Crippen molar-refractivity contribution in [1.29, 1.82) is 0 Å². The Bertz CT molecular complexity index is 1280. The van der Waals surface area contributed by atoms with E-state index in [0.717, 1.165) is 95.7 Å². The number of esters is 2. The number of phosphoric acid groups is 1. The number of furan rings is 1. The van der Waals surface area contributed by atoms with Crippen LogP contribution >= 0.6 is 7.82 Å². The summed E-state index contributed by atoms with van der Waals surface area (Å²) in [7, 11) is -4.40. The molecule has 4 atom stereocenters. The number of carbonyl (C=O) groups is 2. The van der Waals surface area contributed by atoms with Crippen LogP contribution < -0.4 is 5.73 Å². The van der Waals surface area contributed by atoms with Crippen LogP contribution in [0.2, 0.25) is 0 Å². The molecule has 0 saturated carbocycles. The van der Waals surface area contributed by atoms with E-state index >= 15 is 0 Å². The lowest BCUT2D eigenvalue weighted by Gasteiger charge is -2.19. The van der Waals surface area contributed by atoms with Crippen LogP contribution in [0.5, 0.6) is 0 Å². The van der Waals surface area contributed by atoms with E-state index in [1.807, 2.05) is 0 Å². The molecule has 1 aromatic heterocycles. The molecule has 12 heteroatoms. The third-order valence-electron chi connectivity index (χ3n) is 10.8. The Labute approximate surface area is 345 Å². The molecule has 0 aliphatic carbocycles. The minimum atomic E-state index is -4.40. The van der Waals surface area contributed by atoms with Crippen LogP contribution in [0, 0.1) is 13.8 Å². The summed E-state index contributed by atoms with van der Waals surface area (Å²) in [6.07, 6.45) is 30.8. The van der Waals surface area contributed by atoms with Crippen molar-refractivity contribution in [1.82, 2.24) is 0 Å². The van der Waals surface area contributed by atoms with Gasteiger partial charge >= 0.3 is 19.8 Å². The van der Waals surface area contributed by atoms with Gasteiger partial charge in [-0.05, 0) is 76.3 Å². The number of hydrogen-bond donors (Lipinski definition) is 2. The van der Waals surface area contributed by atoms with Gasteiger partial charge in [-0.1, -0.05) is 116 Å². The molecule has 0 amide bonds. The summed E-state index contributed by atoms with van der Waals surface area (Å²) in [6.45, 7) is 7.98. The van der Waals surface area contributed by atoms with Crippen molar-refractivity contribution >= 4 is 19.8 Å². The van der Waals surface area contributed by atoms with Gasteiger partial charge < -0.3 is 29.3 Å². The zero-order chi connectivity index (χ0) is 41.6. The van der Waals surface area contributed by atoms with Crippen LogP contribution in [0.25, 0.3) is 0 Å². The van der Waals surface area contributed by atoms with Crippen LogP contribution in [0.15, 0.2) is 16.6 Å². The normalized spacial score (nSPS) is 16.9. The Morgan fingerprint density at radius 1 is 0.719 bits per heavy atom. The van der Waals surface area contributed by atoms with Crippen LogP contribution in [0.3, 0.4) is 0 Å². The molecule has 1 fully saturated rings. The van der Waals surface area contributed by atoms with Gasteiger partial charge in [-0.15, -0.1) is 0 Å². The standard InChI is InChI=1S/C45H80NO10P/c1-5-7-9-10-16-23-29-42-43(56-42)30-24-18-15-20-25-31-44(47)51-35-39(36-53-57(49,50)52-34-33-46)54-45(48)32-26-19-14-12-11-13-17-22-28-41-38(4)37(3)40(55-41)27-21-8-6-2/h16,23,39,42-43H,5-15,17-22,24-36,46H2,1-4H3,(H,49,50)/b23-16-/t39-,42?,43?/m1/s1. The molecular weight excluding hydrogens is 745 g/mol. The summed E-state index contributed by atoms with van der Waals surface area (Å²) >= 11 is 0.